The number of nitrogens with zero attached hydrogens (tertiary/aromatic N) is 1. The second-order valence-corrected chi connectivity index (χ2v) is 4.25. The molecule has 2 rings (SSSR count). The van der Waals surface area contributed by atoms with Gasteiger partial charge in [0, 0.05) is 30.9 Å². The van der Waals surface area contributed by atoms with Crippen molar-refractivity contribution in [2.45, 2.75) is 19.5 Å². The van der Waals surface area contributed by atoms with Gasteiger partial charge in [0.25, 0.3) is 0 Å². The summed E-state index contributed by atoms with van der Waals surface area (Å²) in [5.41, 5.74) is 6.65. The number of carbonyl (C=O) groups excluding carboxylic acids is 1. The Balaban J connectivity index is 2.17. The molecular formula is C12H16FN3O. The zero-order valence-corrected chi connectivity index (χ0v) is 9.74. The molecule has 1 unspecified atom stereocenters. The first-order valence-electron chi connectivity index (χ1n) is 5.64. The number of benzene rings is 1. The molecule has 1 saturated heterocycles. The van der Waals surface area contributed by atoms with Crippen molar-refractivity contribution in [2.75, 3.05) is 18.8 Å². The van der Waals surface area contributed by atoms with Gasteiger partial charge >= 0.3 is 0 Å². The maximum Gasteiger partial charge on any atom is 0.237 e. The zero-order chi connectivity index (χ0) is 12.4. The van der Waals surface area contributed by atoms with Gasteiger partial charge in [-0.05, 0) is 19.1 Å². The number of halogens is 1. The van der Waals surface area contributed by atoms with E-state index in [-0.39, 0.29) is 17.8 Å². The van der Waals surface area contributed by atoms with Crippen LogP contribution in [-0.2, 0) is 11.3 Å². The van der Waals surface area contributed by atoms with Gasteiger partial charge in [0.1, 0.15) is 5.82 Å². The predicted molar refractivity (Wildman–Crippen MR) is 63.7 cm³/mol. The number of nitrogens with two attached hydrogens (primary N) is 1. The second-order valence-electron chi connectivity index (χ2n) is 4.25. The topological polar surface area (TPSA) is 58.4 Å². The third-order valence-corrected chi connectivity index (χ3v) is 3.14. The Bertz CT molecular complexity index is 416. The lowest BCUT2D eigenvalue weighted by molar-refractivity contribution is -0.128. The molecule has 92 valence electrons. The Morgan fingerprint density at radius 3 is 3.06 bits per heavy atom. The van der Waals surface area contributed by atoms with Gasteiger partial charge in [-0.15, -0.1) is 0 Å². The summed E-state index contributed by atoms with van der Waals surface area (Å²) in [6, 6.07) is 4.40. The highest BCUT2D eigenvalue weighted by atomic mass is 19.1. The number of nitrogen functional groups attached to an aromatic ring is 1. The van der Waals surface area contributed by atoms with Gasteiger partial charge in [-0.1, -0.05) is 6.07 Å². The van der Waals surface area contributed by atoms with Crippen molar-refractivity contribution >= 4 is 11.6 Å². The summed E-state index contributed by atoms with van der Waals surface area (Å²) < 4.78 is 13.6. The number of piperazine rings is 1. The Labute approximate surface area is 99.6 Å². The minimum Gasteiger partial charge on any atom is -0.398 e. The zero-order valence-electron chi connectivity index (χ0n) is 9.74. The van der Waals surface area contributed by atoms with Gasteiger partial charge < -0.3 is 11.1 Å². The van der Waals surface area contributed by atoms with E-state index in [0.29, 0.717) is 30.9 Å². The fourth-order valence-electron chi connectivity index (χ4n) is 1.99. The van der Waals surface area contributed by atoms with Crippen LogP contribution in [0.4, 0.5) is 10.1 Å². The molecule has 17 heavy (non-hydrogen) atoms. The van der Waals surface area contributed by atoms with Crippen LogP contribution in [0.1, 0.15) is 12.5 Å². The molecule has 1 atom stereocenters. The van der Waals surface area contributed by atoms with Crippen LogP contribution in [0, 0.1) is 5.82 Å². The first-order valence-corrected chi connectivity index (χ1v) is 5.64. The summed E-state index contributed by atoms with van der Waals surface area (Å²) in [6.45, 7) is 3.48. The van der Waals surface area contributed by atoms with Crippen LogP contribution in [0.2, 0.25) is 0 Å². The van der Waals surface area contributed by atoms with Crippen LogP contribution < -0.4 is 11.1 Å². The molecule has 1 heterocycles. The number of rotatable bonds is 2. The third-order valence-electron chi connectivity index (χ3n) is 3.14. The maximum absolute atomic E-state index is 13.6. The van der Waals surface area contributed by atoms with E-state index in [0.717, 1.165) is 0 Å². The molecule has 1 aliphatic rings. The van der Waals surface area contributed by atoms with Gasteiger partial charge in [-0.3, -0.25) is 9.69 Å². The standard InChI is InChI=1S/C12H16FN3O/c1-8-12(17)15-5-6-16(8)7-9-10(13)3-2-4-11(9)14/h2-4,8H,5-7,14H2,1H3,(H,15,17). The Morgan fingerprint density at radius 1 is 1.59 bits per heavy atom. The Kier molecular flexibility index (Phi) is 3.28. The summed E-state index contributed by atoms with van der Waals surface area (Å²) in [4.78, 5) is 13.4. The average Bonchev–Trinajstić information content (AvgIpc) is 2.29. The number of anilines is 1. The molecule has 5 heteroatoms. The van der Waals surface area contributed by atoms with Crippen LogP contribution >= 0.6 is 0 Å². The summed E-state index contributed by atoms with van der Waals surface area (Å²) >= 11 is 0. The van der Waals surface area contributed by atoms with Crippen molar-refractivity contribution in [2.24, 2.45) is 0 Å². The van der Waals surface area contributed by atoms with Gasteiger partial charge in [0.2, 0.25) is 5.91 Å². The highest BCUT2D eigenvalue weighted by Gasteiger charge is 2.26. The van der Waals surface area contributed by atoms with Gasteiger partial charge in [-0.25, -0.2) is 4.39 Å². The summed E-state index contributed by atoms with van der Waals surface area (Å²) in [6.07, 6.45) is 0. The molecule has 1 aromatic carbocycles. The van der Waals surface area contributed by atoms with Crippen molar-refractivity contribution < 1.29 is 9.18 Å². The van der Waals surface area contributed by atoms with Crippen LogP contribution in [-0.4, -0.2) is 29.9 Å². The van der Waals surface area contributed by atoms with E-state index >= 15 is 0 Å². The number of amides is 1. The lowest BCUT2D eigenvalue weighted by Gasteiger charge is -2.33. The smallest absolute Gasteiger partial charge is 0.237 e. The second kappa shape index (κ2) is 4.71. The van der Waals surface area contributed by atoms with Crippen molar-refractivity contribution in [1.29, 1.82) is 0 Å². The van der Waals surface area contributed by atoms with E-state index in [1.807, 2.05) is 11.8 Å². The van der Waals surface area contributed by atoms with E-state index in [4.69, 9.17) is 5.73 Å². The van der Waals surface area contributed by atoms with Crippen LogP contribution in [0.15, 0.2) is 18.2 Å². The van der Waals surface area contributed by atoms with E-state index in [2.05, 4.69) is 5.32 Å². The highest BCUT2D eigenvalue weighted by Crippen LogP contribution is 2.19. The lowest BCUT2D eigenvalue weighted by Crippen LogP contribution is -2.53. The van der Waals surface area contributed by atoms with Crippen molar-refractivity contribution in [1.82, 2.24) is 10.2 Å². The lowest BCUT2D eigenvalue weighted by atomic mass is 10.1. The predicted octanol–water partition coefficient (Wildman–Crippen LogP) is 0.728. The van der Waals surface area contributed by atoms with E-state index in [1.165, 1.54) is 6.07 Å². The number of nitrogens with one attached hydrogen (secondary N) is 1. The summed E-state index contributed by atoms with van der Waals surface area (Å²) in [7, 11) is 0. The molecule has 1 aromatic rings. The third kappa shape index (κ3) is 2.39. The monoisotopic (exact) mass is 237 g/mol. The highest BCUT2D eigenvalue weighted by molar-refractivity contribution is 5.82. The molecule has 4 nitrogen and oxygen atoms in total. The minimum absolute atomic E-state index is 0.0221. The Hall–Kier alpha value is -1.62. The number of hydrogen-bond donors (Lipinski definition) is 2. The molecule has 3 N–H and O–H groups in total. The average molecular weight is 237 g/mol. The normalized spacial score (nSPS) is 21.3. The fraction of sp³-hybridized carbons (Fsp3) is 0.417. The minimum atomic E-state index is -0.316. The van der Waals surface area contributed by atoms with E-state index in [1.54, 1.807) is 12.1 Å². The van der Waals surface area contributed by atoms with Gasteiger partial charge in [0.15, 0.2) is 0 Å². The largest absolute Gasteiger partial charge is 0.398 e. The Morgan fingerprint density at radius 2 is 2.35 bits per heavy atom. The molecule has 0 aliphatic carbocycles. The molecule has 1 aliphatic heterocycles. The molecule has 1 fully saturated rings. The molecular weight excluding hydrogens is 221 g/mol. The van der Waals surface area contributed by atoms with Gasteiger partial charge in [-0.2, -0.15) is 0 Å². The van der Waals surface area contributed by atoms with Crippen molar-refractivity contribution in [3.05, 3.63) is 29.6 Å². The molecule has 0 radical (unpaired) electrons. The molecule has 0 saturated carbocycles. The summed E-state index contributed by atoms with van der Waals surface area (Å²) in [5, 5.41) is 2.77. The number of carbonyl (C=O) groups is 1. The number of hydrogen-bond acceptors (Lipinski definition) is 3. The maximum atomic E-state index is 13.6. The van der Waals surface area contributed by atoms with Crippen molar-refractivity contribution in [3.8, 4) is 0 Å². The first-order chi connectivity index (χ1) is 8.09. The first kappa shape index (κ1) is 11.9. The van der Waals surface area contributed by atoms with Crippen LogP contribution in [0.3, 0.4) is 0 Å². The fourth-order valence-corrected chi connectivity index (χ4v) is 1.99. The molecule has 0 aromatic heterocycles. The van der Waals surface area contributed by atoms with Gasteiger partial charge in [0.05, 0.1) is 6.04 Å². The summed E-state index contributed by atoms with van der Waals surface area (Å²) in [5.74, 6) is -0.339. The van der Waals surface area contributed by atoms with E-state index in [9.17, 15) is 9.18 Å². The molecule has 0 bridgehead atoms. The van der Waals surface area contributed by atoms with Crippen molar-refractivity contribution in [3.63, 3.8) is 0 Å². The van der Waals surface area contributed by atoms with Crippen LogP contribution in [0.5, 0.6) is 0 Å². The quantitative estimate of drug-likeness (QED) is 0.745. The van der Waals surface area contributed by atoms with Crippen LogP contribution in [0.25, 0.3) is 0 Å². The van der Waals surface area contributed by atoms with E-state index < -0.39 is 0 Å². The molecule has 1 amide bonds. The molecule has 0 spiro atoms. The SMILES string of the molecule is CC1C(=O)NCCN1Cc1c(N)cccc1F.